The van der Waals surface area contributed by atoms with Gasteiger partial charge in [-0.3, -0.25) is 4.98 Å². The molecule has 5 heteroatoms. The summed E-state index contributed by atoms with van der Waals surface area (Å²) in [4.78, 5) is 6.55. The van der Waals surface area contributed by atoms with E-state index in [2.05, 4.69) is 10.3 Å². The second kappa shape index (κ2) is 5.07. The normalized spacial score (nSPS) is 12.9. The molecule has 0 fully saturated rings. The fourth-order valence-electron chi connectivity index (χ4n) is 1.42. The molecule has 2 aromatic heterocycles. The maximum absolute atomic E-state index is 6.11. The Morgan fingerprint density at radius 2 is 2.40 bits per heavy atom. The van der Waals surface area contributed by atoms with E-state index < -0.39 is 0 Å². The summed E-state index contributed by atoms with van der Waals surface area (Å²) >= 11 is 9.49. The van der Waals surface area contributed by atoms with Crippen LogP contribution in [-0.4, -0.2) is 12.0 Å². The summed E-state index contributed by atoms with van der Waals surface area (Å²) in [6.45, 7) is 0. The standard InChI is InChI=1S/C10H11ClN2S2/c1-12-9(4-7-5-13-6-15-7)10-8(11)2-3-14-10/h2-3,5-6,9,12H,4H2,1H3. The molecular weight excluding hydrogens is 248 g/mol. The number of hydrogen-bond donors (Lipinski definition) is 1. The Kier molecular flexibility index (Phi) is 3.75. The van der Waals surface area contributed by atoms with Crippen molar-refractivity contribution in [3.05, 3.63) is 37.9 Å². The van der Waals surface area contributed by atoms with E-state index in [1.54, 1.807) is 22.7 Å². The summed E-state index contributed by atoms with van der Waals surface area (Å²) in [5.74, 6) is 0. The molecule has 2 heterocycles. The number of thiophene rings is 1. The van der Waals surface area contributed by atoms with Crippen LogP contribution in [-0.2, 0) is 6.42 Å². The van der Waals surface area contributed by atoms with E-state index in [9.17, 15) is 0 Å². The Bertz CT molecular complexity index is 411. The third-order valence-electron chi connectivity index (χ3n) is 2.20. The topological polar surface area (TPSA) is 24.9 Å². The number of nitrogens with zero attached hydrogens (tertiary/aromatic N) is 1. The van der Waals surface area contributed by atoms with Crippen LogP contribution in [0.15, 0.2) is 23.2 Å². The lowest BCUT2D eigenvalue weighted by atomic mass is 10.1. The SMILES string of the molecule is CNC(Cc1cncs1)c1sccc1Cl. The zero-order valence-electron chi connectivity index (χ0n) is 8.24. The number of aromatic nitrogens is 1. The quantitative estimate of drug-likeness (QED) is 0.910. The molecule has 2 rings (SSSR count). The zero-order valence-corrected chi connectivity index (χ0v) is 10.6. The fraction of sp³-hybridized carbons (Fsp3) is 0.300. The summed E-state index contributed by atoms with van der Waals surface area (Å²) in [6, 6.07) is 2.23. The highest BCUT2D eigenvalue weighted by atomic mass is 35.5. The van der Waals surface area contributed by atoms with Crippen molar-refractivity contribution in [3.63, 3.8) is 0 Å². The van der Waals surface area contributed by atoms with Crippen molar-refractivity contribution in [1.29, 1.82) is 0 Å². The Morgan fingerprint density at radius 1 is 1.53 bits per heavy atom. The summed E-state index contributed by atoms with van der Waals surface area (Å²) in [6.07, 6.45) is 2.86. The molecule has 0 aliphatic heterocycles. The number of thiazole rings is 1. The first-order valence-electron chi connectivity index (χ1n) is 4.58. The minimum atomic E-state index is 0.290. The van der Waals surface area contributed by atoms with E-state index in [0.717, 1.165) is 11.4 Å². The molecule has 0 saturated heterocycles. The minimum Gasteiger partial charge on any atom is -0.312 e. The fourth-order valence-corrected chi connectivity index (χ4v) is 3.37. The van der Waals surface area contributed by atoms with Gasteiger partial charge in [-0.05, 0) is 18.5 Å². The van der Waals surface area contributed by atoms with Crippen LogP contribution in [0.3, 0.4) is 0 Å². The summed E-state index contributed by atoms with van der Waals surface area (Å²) in [5.41, 5.74) is 1.86. The number of hydrogen-bond acceptors (Lipinski definition) is 4. The Balaban J connectivity index is 2.15. The highest BCUT2D eigenvalue weighted by Crippen LogP contribution is 2.31. The van der Waals surface area contributed by atoms with Crippen LogP contribution in [0, 0.1) is 0 Å². The molecule has 0 amide bonds. The van der Waals surface area contributed by atoms with Crippen LogP contribution in [0.1, 0.15) is 15.8 Å². The van der Waals surface area contributed by atoms with Crippen LogP contribution >= 0.6 is 34.3 Å². The minimum absolute atomic E-state index is 0.290. The molecule has 0 bridgehead atoms. The molecule has 2 aromatic rings. The number of nitrogens with one attached hydrogen (secondary N) is 1. The Labute approximate surface area is 102 Å². The largest absolute Gasteiger partial charge is 0.312 e. The van der Waals surface area contributed by atoms with Gasteiger partial charge in [-0.15, -0.1) is 22.7 Å². The van der Waals surface area contributed by atoms with Gasteiger partial charge < -0.3 is 5.32 Å². The van der Waals surface area contributed by atoms with E-state index in [4.69, 9.17) is 11.6 Å². The molecule has 15 heavy (non-hydrogen) atoms. The molecule has 1 unspecified atom stereocenters. The van der Waals surface area contributed by atoms with Crippen molar-refractivity contribution >= 4 is 34.3 Å². The average molecular weight is 259 g/mol. The molecule has 0 spiro atoms. The molecule has 0 saturated carbocycles. The van der Waals surface area contributed by atoms with Crippen LogP contribution < -0.4 is 5.32 Å². The average Bonchev–Trinajstić information content (AvgIpc) is 2.85. The van der Waals surface area contributed by atoms with E-state index in [1.807, 2.05) is 30.2 Å². The van der Waals surface area contributed by atoms with Gasteiger partial charge in [0.25, 0.3) is 0 Å². The van der Waals surface area contributed by atoms with Gasteiger partial charge in [-0.2, -0.15) is 0 Å². The smallest absolute Gasteiger partial charge is 0.0794 e. The molecule has 1 N–H and O–H groups in total. The highest BCUT2D eigenvalue weighted by Gasteiger charge is 2.15. The van der Waals surface area contributed by atoms with Gasteiger partial charge in [-0.25, -0.2) is 0 Å². The van der Waals surface area contributed by atoms with Crippen LogP contribution in [0.5, 0.6) is 0 Å². The first-order valence-corrected chi connectivity index (χ1v) is 6.72. The highest BCUT2D eigenvalue weighted by molar-refractivity contribution is 7.10. The van der Waals surface area contributed by atoms with Crippen molar-refractivity contribution in [2.75, 3.05) is 7.05 Å². The summed E-state index contributed by atoms with van der Waals surface area (Å²) in [5, 5.41) is 6.16. The predicted molar refractivity (Wildman–Crippen MR) is 66.9 cm³/mol. The molecule has 0 aliphatic rings. The van der Waals surface area contributed by atoms with Gasteiger partial charge in [0.2, 0.25) is 0 Å². The maximum atomic E-state index is 6.11. The molecular formula is C10H11ClN2S2. The van der Waals surface area contributed by atoms with Crippen molar-refractivity contribution in [2.24, 2.45) is 0 Å². The van der Waals surface area contributed by atoms with Crippen LogP contribution in [0.25, 0.3) is 0 Å². The third kappa shape index (κ3) is 2.58. The zero-order chi connectivity index (χ0) is 10.7. The predicted octanol–water partition coefficient (Wildman–Crippen LogP) is 3.36. The Hall–Kier alpha value is -0.420. The van der Waals surface area contributed by atoms with Gasteiger partial charge >= 0.3 is 0 Å². The molecule has 0 aromatic carbocycles. The van der Waals surface area contributed by atoms with Gasteiger partial charge in [0.05, 0.1) is 10.5 Å². The lowest BCUT2D eigenvalue weighted by Gasteiger charge is -2.13. The molecule has 2 nitrogen and oxygen atoms in total. The van der Waals surface area contributed by atoms with Gasteiger partial charge in [-0.1, -0.05) is 11.6 Å². The van der Waals surface area contributed by atoms with E-state index in [1.165, 1.54) is 9.75 Å². The van der Waals surface area contributed by atoms with Crippen LogP contribution in [0.4, 0.5) is 0 Å². The second-order valence-corrected chi connectivity index (χ2v) is 5.47. The van der Waals surface area contributed by atoms with Gasteiger partial charge in [0, 0.05) is 28.4 Å². The molecule has 80 valence electrons. The van der Waals surface area contributed by atoms with Crippen LogP contribution in [0.2, 0.25) is 5.02 Å². The number of likely N-dealkylation sites (N-methyl/N-ethyl adjacent to an activating group) is 1. The van der Waals surface area contributed by atoms with Crippen molar-refractivity contribution in [3.8, 4) is 0 Å². The molecule has 0 aliphatic carbocycles. The monoisotopic (exact) mass is 258 g/mol. The first kappa shape index (κ1) is 11.1. The summed E-state index contributed by atoms with van der Waals surface area (Å²) in [7, 11) is 1.96. The molecule has 1 atom stereocenters. The van der Waals surface area contributed by atoms with Gasteiger partial charge in [0.15, 0.2) is 0 Å². The molecule has 0 radical (unpaired) electrons. The summed E-state index contributed by atoms with van der Waals surface area (Å²) < 4.78 is 0. The lowest BCUT2D eigenvalue weighted by Crippen LogP contribution is -2.17. The second-order valence-electron chi connectivity index (χ2n) is 3.15. The van der Waals surface area contributed by atoms with E-state index in [-0.39, 0.29) is 6.04 Å². The van der Waals surface area contributed by atoms with Gasteiger partial charge in [0.1, 0.15) is 0 Å². The van der Waals surface area contributed by atoms with Crippen molar-refractivity contribution in [1.82, 2.24) is 10.3 Å². The third-order valence-corrected chi connectivity index (χ3v) is 4.47. The van der Waals surface area contributed by atoms with Crippen molar-refractivity contribution < 1.29 is 0 Å². The number of rotatable bonds is 4. The first-order chi connectivity index (χ1) is 7.31. The lowest BCUT2D eigenvalue weighted by molar-refractivity contribution is 0.606. The van der Waals surface area contributed by atoms with E-state index in [0.29, 0.717) is 0 Å². The van der Waals surface area contributed by atoms with E-state index >= 15 is 0 Å². The maximum Gasteiger partial charge on any atom is 0.0794 e. The Morgan fingerprint density at radius 3 is 2.93 bits per heavy atom. The van der Waals surface area contributed by atoms with Crippen molar-refractivity contribution in [2.45, 2.75) is 12.5 Å². The number of halogens is 1.